The number of carbonyl (C=O) groups is 1. The normalized spacial score (nSPS) is 13.1. The number of aryl methyl sites for hydroxylation is 1. The molecule has 0 radical (unpaired) electrons. The molecule has 4 nitrogen and oxygen atoms in total. The van der Waals surface area contributed by atoms with Crippen LogP contribution in [0.25, 0.3) is 0 Å². The van der Waals surface area contributed by atoms with Gasteiger partial charge in [-0.15, -0.1) is 12.4 Å². The Morgan fingerprint density at radius 2 is 2.10 bits per heavy atom. The molecular weight excluding hydrogens is 344 g/mol. The first-order chi connectivity index (χ1) is 8.90. The van der Waals surface area contributed by atoms with Gasteiger partial charge in [0.05, 0.1) is 4.47 Å². The van der Waals surface area contributed by atoms with Gasteiger partial charge in [0.25, 0.3) is 5.91 Å². The van der Waals surface area contributed by atoms with Crippen LogP contribution >= 0.6 is 28.3 Å². The molecule has 1 amide bonds. The molecule has 0 aliphatic heterocycles. The minimum Gasteiger partial charge on any atom is -0.480 e. The van der Waals surface area contributed by atoms with Gasteiger partial charge in [0.15, 0.2) is 6.10 Å². The van der Waals surface area contributed by atoms with Crippen LogP contribution in [0, 0.1) is 6.92 Å². The third-order valence-corrected chi connectivity index (χ3v) is 3.28. The number of nitrogens with two attached hydrogens (primary N) is 1. The van der Waals surface area contributed by atoms with E-state index in [-0.39, 0.29) is 24.4 Å². The van der Waals surface area contributed by atoms with Gasteiger partial charge in [0, 0.05) is 12.6 Å². The average molecular weight is 366 g/mol. The largest absolute Gasteiger partial charge is 0.480 e. The molecule has 0 heterocycles. The maximum atomic E-state index is 11.8. The number of halogens is 2. The number of hydrogen-bond acceptors (Lipinski definition) is 3. The molecule has 0 saturated heterocycles. The Hall–Kier alpha value is -0.780. The lowest BCUT2D eigenvalue weighted by Crippen LogP contribution is -2.38. The zero-order valence-corrected chi connectivity index (χ0v) is 14.4. The summed E-state index contributed by atoms with van der Waals surface area (Å²) < 4.78 is 6.48. The second-order valence-electron chi connectivity index (χ2n) is 4.75. The zero-order valence-electron chi connectivity index (χ0n) is 12.0. The molecule has 1 rings (SSSR count). The fourth-order valence-electron chi connectivity index (χ4n) is 1.51. The van der Waals surface area contributed by atoms with Crippen LogP contribution in [0.4, 0.5) is 0 Å². The third kappa shape index (κ3) is 6.59. The molecule has 2 unspecified atom stereocenters. The van der Waals surface area contributed by atoms with Crippen molar-refractivity contribution in [1.82, 2.24) is 5.32 Å². The van der Waals surface area contributed by atoms with Gasteiger partial charge in [-0.25, -0.2) is 0 Å². The van der Waals surface area contributed by atoms with E-state index in [0.717, 1.165) is 16.5 Å². The highest BCUT2D eigenvalue weighted by Crippen LogP contribution is 2.26. The van der Waals surface area contributed by atoms with Crippen molar-refractivity contribution in [2.24, 2.45) is 5.73 Å². The minimum absolute atomic E-state index is 0. The van der Waals surface area contributed by atoms with Crippen LogP contribution in [0.2, 0.25) is 0 Å². The maximum Gasteiger partial charge on any atom is 0.260 e. The van der Waals surface area contributed by atoms with Gasteiger partial charge < -0.3 is 15.8 Å². The Bertz CT molecular complexity index is 441. The van der Waals surface area contributed by atoms with Gasteiger partial charge in [-0.05, 0) is 60.8 Å². The molecule has 0 aromatic heterocycles. The van der Waals surface area contributed by atoms with Crippen molar-refractivity contribution >= 4 is 34.2 Å². The Kier molecular flexibility index (Phi) is 8.85. The van der Waals surface area contributed by atoms with Crippen molar-refractivity contribution in [2.45, 2.75) is 39.3 Å². The Labute approximate surface area is 135 Å². The topological polar surface area (TPSA) is 64.3 Å². The standard InChI is InChI=1S/C14H21BrN2O2.ClH/c1-9-4-5-13(12(15)8-9)19-11(3)14(18)17-7-6-10(2)16;/h4-5,8,10-11H,6-7,16H2,1-3H3,(H,17,18);1H. The molecule has 3 N–H and O–H groups in total. The van der Waals surface area contributed by atoms with Gasteiger partial charge in [-0.3, -0.25) is 4.79 Å². The summed E-state index contributed by atoms with van der Waals surface area (Å²) in [5.74, 6) is 0.536. The van der Waals surface area contributed by atoms with E-state index in [9.17, 15) is 4.79 Å². The molecule has 0 saturated carbocycles. The summed E-state index contributed by atoms with van der Waals surface area (Å²) in [6, 6.07) is 5.84. The van der Waals surface area contributed by atoms with Gasteiger partial charge in [0.1, 0.15) is 5.75 Å². The van der Waals surface area contributed by atoms with E-state index in [0.29, 0.717) is 12.3 Å². The molecule has 1 aromatic carbocycles. The number of nitrogens with one attached hydrogen (secondary N) is 1. The summed E-state index contributed by atoms with van der Waals surface area (Å²) in [4.78, 5) is 11.8. The fourth-order valence-corrected chi connectivity index (χ4v) is 2.10. The molecule has 20 heavy (non-hydrogen) atoms. The van der Waals surface area contributed by atoms with Crippen LogP contribution in [0.3, 0.4) is 0 Å². The van der Waals surface area contributed by atoms with E-state index in [1.165, 1.54) is 0 Å². The Morgan fingerprint density at radius 3 is 2.65 bits per heavy atom. The van der Waals surface area contributed by atoms with Crippen molar-refractivity contribution in [3.63, 3.8) is 0 Å². The lowest BCUT2D eigenvalue weighted by atomic mass is 10.2. The first kappa shape index (κ1) is 19.2. The highest BCUT2D eigenvalue weighted by Gasteiger charge is 2.15. The second-order valence-corrected chi connectivity index (χ2v) is 5.61. The number of amides is 1. The Balaban J connectivity index is 0.00000361. The summed E-state index contributed by atoms with van der Waals surface area (Å²) in [7, 11) is 0. The van der Waals surface area contributed by atoms with Crippen LogP contribution in [-0.4, -0.2) is 24.6 Å². The number of rotatable bonds is 6. The molecule has 0 fully saturated rings. The van der Waals surface area contributed by atoms with Crippen molar-refractivity contribution in [2.75, 3.05) is 6.54 Å². The lowest BCUT2D eigenvalue weighted by molar-refractivity contribution is -0.127. The monoisotopic (exact) mass is 364 g/mol. The predicted octanol–water partition coefficient (Wildman–Crippen LogP) is 2.80. The number of ether oxygens (including phenoxy) is 1. The molecule has 1 aromatic rings. The molecule has 2 atom stereocenters. The first-order valence-corrected chi connectivity index (χ1v) is 7.15. The van der Waals surface area contributed by atoms with E-state index < -0.39 is 6.10 Å². The van der Waals surface area contributed by atoms with Gasteiger partial charge >= 0.3 is 0 Å². The van der Waals surface area contributed by atoms with Crippen molar-refractivity contribution in [3.8, 4) is 5.75 Å². The van der Waals surface area contributed by atoms with Gasteiger partial charge in [-0.1, -0.05) is 6.07 Å². The molecule has 0 aliphatic carbocycles. The van der Waals surface area contributed by atoms with Crippen LogP contribution in [0.1, 0.15) is 25.8 Å². The highest BCUT2D eigenvalue weighted by atomic mass is 79.9. The van der Waals surface area contributed by atoms with Crippen LogP contribution in [0.15, 0.2) is 22.7 Å². The molecule has 0 spiro atoms. The average Bonchev–Trinajstić information content (AvgIpc) is 2.32. The molecule has 6 heteroatoms. The van der Waals surface area contributed by atoms with Crippen LogP contribution < -0.4 is 15.8 Å². The summed E-state index contributed by atoms with van der Waals surface area (Å²) in [6.07, 6.45) is 0.222. The lowest BCUT2D eigenvalue weighted by Gasteiger charge is -2.16. The maximum absolute atomic E-state index is 11.8. The smallest absolute Gasteiger partial charge is 0.260 e. The quantitative estimate of drug-likeness (QED) is 0.815. The van der Waals surface area contributed by atoms with E-state index in [1.807, 2.05) is 32.0 Å². The number of carbonyl (C=O) groups excluding carboxylic acids is 1. The first-order valence-electron chi connectivity index (χ1n) is 6.36. The third-order valence-electron chi connectivity index (χ3n) is 2.66. The van der Waals surface area contributed by atoms with Crippen molar-refractivity contribution in [3.05, 3.63) is 28.2 Å². The second kappa shape index (κ2) is 9.21. The summed E-state index contributed by atoms with van der Waals surface area (Å²) in [5.41, 5.74) is 6.76. The highest BCUT2D eigenvalue weighted by molar-refractivity contribution is 9.10. The fraction of sp³-hybridized carbons (Fsp3) is 0.500. The van der Waals surface area contributed by atoms with Crippen LogP contribution in [-0.2, 0) is 4.79 Å². The van der Waals surface area contributed by atoms with E-state index >= 15 is 0 Å². The number of hydrogen-bond donors (Lipinski definition) is 2. The summed E-state index contributed by atoms with van der Waals surface area (Å²) in [5, 5.41) is 2.81. The van der Waals surface area contributed by atoms with Gasteiger partial charge in [-0.2, -0.15) is 0 Å². The van der Waals surface area contributed by atoms with Crippen LogP contribution in [0.5, 0.6) is 5.75 Å². The zero-order chi connectivity index (χ0) is 14.4. The van der Waals surface area contributed by atoms with Crippen molar-refractivity contribution in [1.29, 1.82) is 0 Å². The predicted molar refractivity (Wildman–Crippen MR) is 87.5 cm³/mol. The summed E-state index contributed by atoms with van der Waals surface area (Å²) >= 11 is 3.42. The van der Waals surface area contributed by atoms with E-state index in [1.54, 1.807) is 6.92 Å². The van der Waals surface area contributed by atoms with Crippen molar-refractivity contribution < 1.29 is 9.53 Å². The molecule has 0 aliphatic rings. The summed E-state index contributed by atoms with van der Waals surface area (Å²) in [6.45, 7) is 6.21. The molecular formula is C14H22BrClN2O2. The molecule has 114 valence electrons. The number of benzene rings is 1. The minimum atomic E-state index is -0.535. The SMILES string of the molecule is Cc1ccc(OC(C)C(=O)NCCC(C)N)c(Br)c1.Cl. The van der Waals surface area contributed by atoms with Gasteiger partial charge in [0.2, 0.25) is 0 Å². The van der Waals surface area contributed by atoms with E-state index in [4.69, 9.17) is 10.5 Å². The van der Waals surface area contributed by atoms with E-state index in [2.05, 4.69) is 21.2 Å². The molecule has 0 bridgehead atoms. The Morgan fingerprint density at radius 1 is 1.45 bits per heavy atom.